The van der Waals surface area contributed by atoms with Crippen molar-refractivity contribution >= 4 is 35.8 Å². The van der Waals surface area contributed by atoms with Crippen LogP contribution in [0.1, 0.15) is 19.4 Å². The van der Waals surface area contributed by atoms with Crippen molar-refractivity contribution in [2.24, 2.45) is 4.99 Å². The molecule has 1 fully saturated rings. The number of rotatable bonds is 5. The van der Waals surface area contributed by atoms with Crippen LogP contribution in [-0.2, 0) is 11.2 Å². The Balaban J connectivity index is 0.00000312. The second kappa shape index (κ2) is 11.2. The van der Waals surface area contributed by atoms with Crippen molar-refractivity contribution in [2.45, 2.75) is 20.3 Å². The molecule has 0 radical (unpaired) electrons. The molecule has 1 aliphatic rings. The maximum absolute atomic E-state index is 11.4. The van der Waals surface area contributed by atoms with Gasteiger partial charge < -0.3 is 19.9 Å². The lowest BCUT2D eigenvalue weighted by atomic mass is 10.1. The number of hydrogen-bond acceptors (Lipinski definition) is 3. The van der Waals surface area contributed by atoms with E-state index in [0.29, 0.717) is 0 Å². The maximum atomic E-state index is 11.4. The van der Waals surface area contributed by atoms with Crippen molar-refractivity contribution in [3.63, 3.8) is 0 Å². The van der Waals surface area contributed by atoms with Crippen molar-refractivity contribution in [2.75, 3.05) is 46.4 Å². The van der Waals surface area contributed by atoms with Crippen LogP contribution in [0.4, 0.5) is 0 Å². The molecule has 0 aromatic heterocycles. The van der Waals surface area contributed by atoms with E-state index in [1.54, 1.807) is 14.0 Å². The lowest BCUT2D eigenvalue weighted by Crippen LogP contribution is -2.53. The number of halogens is 1. The molecule has 1 N–H and O–H groups in total. The molecule has 25 heavy (non-hydrogen) atoms. The van der Waals surface area contributed by atoms with Gasteiger partial charge in [0.15, 0.2) is 5.96 Å². The molecule has 1 saturated heterocycles. The number of carbonyl (C=O) groups is 1. The molecule has 0 atom stereocenters. The summed E-state index contributed by atoms with van der Waals surface area (Å²) >= 11 is 0. The quantitative estimate of drug-likeness (QED) is 0.415. The first-order valence-electron chi connectivity index (χ1n) is 8.55. The number of nitrogens with one attached hydrogen (secondary N) is 1. The largest absolute Gasteiger partial charge is 0.497 e. The summed E-state index contributed by atoms with van der Waals surface area (Å²) in [4.78, 5) is 20.3. The summed E-state index contributed by atoms with van der Waals surface area (Å²) in [5, 5.41) is 3.35. The topological polar surface area (TPSA) is 57.2 Å². The second-order valence-corrected chi connectivity index (χ2v) is 5.83. The molecule has 0 aliphatic carbocycles. The number of guanidine groups is 1. The van der Waals surface area contributed by atoms with Gasteiger partial charge >= 0.3 is 0 Å². The van der Waals surface area contributed by atoms with Crippen LogP contribution in [-0.4, -0.2) is 68.0 Å². The Bertz CT molecular complexity index is 555. The number of amides is 1. The fourth-order valence-electron chi connectivity index (χ4n) is 2.74. The van der Waals surface area contributed by atoms with Crippen LogP contribution in [0.25, 0.3) is 0 Å². The number of methoxy groups -OCH3 is 1. The highest BCUT2D eigenvalue weighted by Gasteiger charge is 2.20. The standard InChI is InChI=1S/C18H28N4O2.HI/c1-4-19-18(22-13-11-21(12-14-22)15(2)23)20-10-9-16-5-7-17(24-3)8-6-16;/h5-8H,4,9-14H2,1-3H3,(H,19,20);1H. The van der Waals surface area contributed by atoms with Crippen molar-refractivity contribution in [1.29, 1.82) is 0 Å². The van der Waals surface area contributed by atoms with Crippen molar-refractivity contribution in [3.8, 4) is 5.75 Å². The van der Waals surface area contributed by atoms with E-state index < -0.39 is 0 Å². The van der Waals surface area contributed by atoms with Crippen LogP contribution in [0, 0.1) is 0 Å². The van der Waals surface area contributed by atoms with Gasteiger partial charge in [0.05, 0.1) is 7.11 Å². The predicted octanol–water partition coefficient (Wildman–Crippen LogP) is 1.99. The van der Waals surface area contributed by atoms with E-state index in [2.05, 4.69) is 29.3 Å². The summed E-state index contributed by atoms with van der Waals surface area (Å²) in [7, 11) is 1.67. The molecule has 7 heteroatoms. The number of benzene rings is 1. The fraction of sp³-hybridized carbons (Fsp3) is 0.556. The van der Waals surface area contributed by atoms with Gasteiger partial charge in [-0.15, -0.1) is 24.0 Å². The Morgan fingerprint density at radius 1 is 1.16 bits per heavy atom. The smallest absolute Gasteiger partial charge is 0.219 e. The highest BCUT2D eigenvalue weighted by molar-refractivity contribution is 14.0. The molecule has 1 amide bonds. The highest BCUT2D eigenvalue weighted by atomic mass is 127. The van der Waals surface area contributed by atoms with E-state index in [1.165, 1.54) is 5.56 Å². The Morgan fingerprint density at radius 3 is 2.28 bits per heavy atom. The van der Waals surface area contributed by atoms with Crippen LogP contribution < -0.4 is 10.1 Å². The SMILES string of the molecule is CCNC(=NCCc1ccc(OC)cc1)N1CCN(C(C)=O)CC1.I. The molecule has 0 saturated carbocycles. The number of aliphatic imine (C=N–C) groups is 1. The molecule has 0 unspecified atom stereocenters. The van der Waals surface area contributed by atoms with Crippen LogP contribution in [0.5, 0.6) is 5.75 Å². The van der Waals surface area contributed by atoms with E-state index in [-0.39, 0.29) is 29.9 Å². The summed E-state index contributed by atoms with van der Waals surface area (Å²) < 4.78 is 5.18. The van der Waals surface area contributed by atoms with E-state index in [0.717, 1.165) is 57.4 Å². The predicted molar refractivity (Wildman–Crippen MR) is 112 cm³/mol. The normalized spacial score (nSPS) is 14.8. The lowest BCUT2D eigenvalue weighted by Gasteiger charge is -2.36. The van der Waals surface area contributed by atoms with Crippen molar-refractivity contribution in [3.05, 3.63) is 29.8 Å². The first-order valence-corrected chi connectivity index (χ1v) is 8.55. The maximum Gasteiger partial charge on any atom is 0.219 e. The summed E-state index contributed by atoms with van der Waals surface area (Å²) in [5.41, 5.74) is 1.25. The number of nitrogens with zero attached hydrogens (tertiary/aromatic N) is 3. The van der Waals surface area contributed by atoms with Gasteiger partial charge in [-0.3, -0.25) is 9.79 Å². The van der Waals surface area contributed by atoms with Crippen molar-refractivity contribution < 1.29 is 9.53 Å². The number of ether oxygens (including phenoxy) is 1. The molecular weight excluding hydrogens is 431 g/mol. The summed E-state index contributed by atoms with van der Waals surface area (Å²) in [5.74, 6) is 1.96. The lowest BCUT2D eigenvalue weighted by molar-refractivity contribution is -0.130. The molecule has 1 aliphatic heterocycles. The summed E-state index contributed by atoms with van der Waals surface area (Å²) in [6, 6.07) is 8.11. The first-order chi connectivity index (χ1) is 11.6. The molecular formula is C18H29IN4O2. The zero-order valence-electron chi connectivity index (χ0n) is 15.3. The number of piperazine rings is 1. The number of hydrogen-bond donors (Lipinski definition) is 1. The number of carbonyl (C=O) groups excluding carboxylic acids is 1. The Kier molecular flexibility index (Phi) is 9.62. The van der Waals surface area contributed by atoms with Gasteiger partial charge in [-0.1, -0.05) is 12.1 Å². The molecule has 1 aromatic rings. The average Bonchev–Trinajstić information content (AvgIpc) is 2.61. The van der Waals surface area contributed by atoms with Crippen LogP contribution >= 0.6 is 24.0 Å². The molecule has 2 rings (SSSR count). The highest BCUT2D eigenvalue weighted by Crippen LogP contribution is 2.11. The summed E-state index contributed by atoms with van der Waals surface area (Å²) in [6.45, 7) is 8.46. The Labute approximate surface area is 167 Å². The Morgan fingerprint density at radius 2 is 1.76 bits per heavy atom. The molecule has 6 nitrogen and oxygen atoms in total. The summed E-state index contributed by atoms with van der Waals surface area (Å²) in [6.07, 6.45) is 0.895. The third kappa shape index (κ3) is 6.72. The third-order valence-electron chi connectivity index (χ3n) is 4.18. The van der Waals surface area contributed by atoms with E-state index in [9.17, 15) is 4.79 Å². The van der Waals surface area contributed by atoms with Crippen LogP contribution in [0.15, 0.2) is 29.3 Å². The van der Waals surface area contributed by atoms with Gasteiger partial charge in [0.1, 0.15) is 5.75 Å². The van der Waals surface area contributed by atoms with E-state index >= 15 is 0 Å². The Hall–Kier alpha value is -1.51. The van der Waals surface area contributed by atoms with E-state index in [4.69, 9.17) is 9.73 Å². The molecule has 140 valence electrons. The molecule has 1 heterocycles. The average molecular weight is 460 g/mol. The van der Waals surface area contributed by atoms with E-state index in [1.807, 2.05) is 17.0 Å². The third-order valence-corrected chi connectivity index (χ3v) is 4.18. The zero-order chi connectivity index (χ0) is 17.4. The first kappa shape index (κ1) is 21.5. The monoisotopic (exact) mass is 460 g/mol. The van der Waals surface area contributed by atoms with Gasteiger partial charge in [-0.05, 0) is 31.0 Å². The van der Waals surface area contributed by atoms with Crippen LogP contribution in [0.3, 0.4) is 0 Å². The van der Waals surface area contributed by atoms with Gasteiger partial charge in [-0.25, -0.2) is 0 Å². The molecule has 0 spiro atoms. The van der Waals surface area contributed by atoms with Crippen LogP contribution in [0.2, 0.25) is 0 Å². The fourth-order valence-corrected chi connectivity index (χ4v) is 2.74. The van der Waals surface area contributed by atoms with Gasteiger partial charge in [0, 0.05) is 46.2 Å². The zero-order valence-corrected chi connectivity index (χ0v) is 17.7. The minimum atomic E-state index is 0. The second-order valence-electron chi connectivity index (χ2n) is 5.83. The van der Waals surface area contributed by atoms with Gasteiger partial charge in [-0.2, -0.15) is 0 Å². The molecule has 1 aromatic carbocycles. The minimum absolute atomic E-state index is 0. The van der Waals surface area contributed by atoms with Gasteiger partial charge in [0.2, 0.25) is 5.91 Å². The minimum Gasteiger partial charge on any atom is -0.497 e. The van der Waals surface area contributed by atoms with Crippen molar-refractivity contribution in [1.82, 2.24) is 15.1 Å². The molecule has 0 bridgehead atoms. The van der Waals surface area contributed by atoms with Gasteiger partial charge in [0.25, 0.3) is 0 Å².